The van der Waals surface area contributed by atoms with Crippen LogP contribution in [0.1, 0.15) is 97.6 Å². The van der Waals surface area contributed by atoms with Gasteiger partial charge in [0, 0.05) is 22.3 Å². The van der Waals surface area contributed by atoms with Gasteiger partial charge in [0.15, 0.2) is 11.6 Å². The lowest BCUT2D eigenvalue weighted by atomic mass is 9.72. The van der Waals surface area contributed by atoms with Crippen molar-refractivity contribution < 1.29 is 9.59 Å². The first-order valence-corrected chi connectivity index (χ1v) is 8.80. The Kier molecular flexibility index (Phi) is 4.03. The summed E-state index contributed by atoms with van der Waals surface area (Å²) < 4.78 is 0. The van der Waals surface area contributed by atoms with E-state index in [-0.39, 0.29) is 17.5 Å². The highest BCUT2D eigenvalue weighted by Crippen LogP contribution is 2.40. The number of carbonyl (C=O) groups excluding carboxylic acids is 2. The third-order valence-corrected chi connectivity index (χ3v) is 5.30. The second-order valence-electron chi connectivity index (χ2n) is 7.81. The van der Waals surface area contributed by atoms with E-state index >= 15 is 0 Å². The van der Waals surface area contributed by atoms with E-state index in [9.17, 15) is 9.59 Å². The van der Waals surface area contributed by atoms with Gasteiger partial charge in [-0.3, -0.25) is 9.59 Å². The Bertz CT molecular complexity index is 720. The molecule has 0 radical (unpaired) electrons. The molecule has 2 aliphatic rings. The minimum atomic E-state index is 0.102. The van der Waals surface area contributed by atoms with Crippen LogP contribution in [-0.4, -0.2) is 11.6 Å². The number of rotatable bonds is 2. The van der Waals surface area contributed by atoms with E-state index < -0.39 is 0 Å². The lowest BCUT2D eigenvalue weighted by Gasteiger charge is -2.30. The Hall–Kier alpha value is -1.70. The molecule has 2 heteroatoms. The Balaban J connectivity index is 2.24. The van der Waals surface area contributed by atoms with Crippen LogP contribution in [0, 0.1) is 5.92 Å². The van der Waals surface area contributed by atoms with E-state index in [0.29, 0.717) is 23.0 Å². The molecule has 0 unspecified atom stereocenters. The van der Waals surface area contributed by atoms with E-state index in [4.69, 9.17) is 0 Å². The van der Waals surface area contributed by atoms with Crippen LogP contribution in [0.15, 0.2) is 23.3 Å². The number of fused-ring (bicyclic) bond motifs is 1. The fourth-order valence-electron chi connectivity index (χ4n) is 3.82. The summed E-state index contributed by atoms with van der Waals surface area (Å²) in [5.74, 6) is 1.29. The van der Waals surface area contributed by atoms with Gasteiger partial charge in [0.05, 0.1) is 0 Å². The van der Waals surface area contributed by atoms with Gasteiger partial charge in [0.1, 0.15) is 0 Å². The molecular formula is C21H26O2. The standard InChI is InChI=1S/C21H26O2/c1-11(2)14-9-16(12(3)4)19-18(10-14)20(22)17-8-13(5)6-7-15(17)21(19)23/h9-13H,6-8H2,1-5H3/t13-/m0/s1. The summed E-state index contributed by atoms with van der Waals surface area (Å²) in [6.45, 7) is 10.6. The average Bonchev–Trinajstić information content (AvgIpc) is 2.51. The maximum Gasteiger partial charge on any atom is 0.190 e. The first-order valence-electron chi connectivity index (χ1n) is 8.80. The summed E-state index contributed by atoms with van der Waals surface area (Å²) in [5, 5.41) is 0. The number of ketones is 2. The molecular weight excluding hydrogens is 284 g/mol. The summed E-state index contributed by atoms with van der Waals surface area (Å²) in [7, 11) is 0. The predicted octanol–water partition coefficient (Wildman–Crippen LogP) is 5.43. The maximum atomic E-state index is 13.1. The van der Waals surface area contributed by atoms with Gasteiger partial charge in [-0.15, -0.1) is 0 Å². The minimum absolute atomic E-state index is 0.102. The van der Waals surface area contributed by atoms with Gasteiger partial charge in [0.25, 0.3) is 0 Å². The van der Waals surface area contributed by atoms with Gasteiger partial charge in [-0.1, -0.05) is 40.7 Å². The van der Waals surface area contributed by atoms with Crippen LogP contribution in [0.4, 0.5) is 0 Å². The number of allylic oxidation sites excluding steroid dienone is 2. The van der Waals surface area contributed by atoms with Crippen LogP contribution < -0.4 is 0 Å². The zero-order chi connectivity index (χ0) is 16.9. The highest BCUT2D eigenvalue weighted by Gasteiger charge is 2.37. The van der Waals surface area contributed by atoms with Crippen molar-refractivity contribution in [1.82, 2.24) is 0 Å². The highest BCUT2D eigenvalue weighted by atomic mass is 16.1. The van der Waals surface area contributed by atoms with Crippen LogP contribution in [0.5, 0.6) is 0 Å². The topological polar surface area (TPSA) is 34.1 Å². The van der Waals surface area contributed by atoms with E-state index in [2.05, 4.69) is 40.7 Å². The van der Waals surface area contributed by atoms with Crippen molar-refractivity contribution in [2.45, 2.75) is 65.7 Å². The van der Waals surface area contributed by atoms with Gasteiger partial charge in [-0.25, -0.2) is 0 Å². The molecule has 0 aliphatic heterocycles. The molecule has 0 fully saturated rings. The van der Waals surface area contributed by atoms with Crippen LogP contribution >= 0.6 is 0 Å². The maximum absolute atomic E-state index is 13.1. The molecule has 0 saturated heterocycles. The van der Waals surface area contributed by atoms with E-state index in [1.807, 2.05) is 6.07 Å². The van der Waals surface area contributed by atoms with Crippen molar-refractivity contribution in [3.8, 4) is 0 Å². The van der Waals surface area contributed by atoms with Gasteiger partial charge in [-0.05, 0) is 54.2 Å². The van der Waals surface area contributed by atoms with Crippen molar-refractivity contribution in [1.29, 1.82) is 0 Å². The van der Waals surface area contributed by atoms with Gasteiger partial charge in [0.2, 0.25) is 0 Å². The molecule has 2 aliphatic carbocycles. The Labute approximate surface area is 139 Å². The molecule has 0 bridgehead atoms. The molecule has 2 nitrogen and oxygen atoms in total. The van der Waals surface area contributed by atoms with Crippen LogP contribution in [0.2, 0.25) is 0 Å². The fourth-order valence-corrected chi connectivity index (χ4v) is 3.82. The quantitative estimate of drug-likeness (QED) is 0.730. The number of Topliss-reactive ketones (excluding diaryl/α,β-unsaturated/α-hetero) is 2. The van der Waals surface area contributed by atoms with Gasteiger partial charge >= 0.3 is 0 Å². The SMILES string of the molecule is CC(C)c1cc2c(c(C(C)C)c1)C(=O)C1=C(C[C@@H](C)CC1)C2=O. The summed E-state index contributed by atoms with van der Waals surface area (Å²) in [6, 6.07) is 4.10. The molecule has 23 heavy (non-hydrogen) atoms. The predicted molar refractivity (Wildman–Crippen MR) is 93.3 cm³/mol. The van der Waals surface area contributed by atoms with Gasteiger partial charge < -0.3 is 0 Å². The van der Waals surface area contributed by atoms with Crippen LogP contribution in [0.3, 0.4) is 0 Å². The Morgan fingerprint density at radius 3 is 2.26 bits per heavy atom. The lowest BCUT2D eigenvalue weighted by molar-refractivity contribution is 0.0959. The lowest BCUT2D eigenvalue weighted by Crippen LogP contribution is -2.28. The summed E-state index contributed by atoms with van der Waals surface area (Å²) in [5.41, 5.74) is 5.10. The monoisotopic (exact) mass is 310 g/mol. The number of hydrogen-bond acceptors (Lipinski definition) is 2. The zero-order valence-corrected chi connectivity index (χ0v) is 14.8. The molecule has 0 spiro atoms. The summed E-state index contributed by atoms with van der Waals surface area (Å²) in [6.07, 6.45) is 2.51. The number of benzene rings is 1. The zero-order valence-electron chi connectivity index (χ0n) is 14.8. The first-order chi connectivity index (χ1) is 10.8. The molecule has 0 amide bonds. The number of hydrogen-bond donors (Lipinski definition) is 0. The van der Waals surface area contributed by atoms with Gasteiger partial charge in [-0.2, -0.15) is 0 Å². The molecule has 122 valence electrons. The molecule has 0 heterocycles. The van der Waals surface area contributed by atoms with Crippen molar-refractivity contribution >= 4 is 11.6 Å². The third-order valence-electron chi connectivity index (χ3n) is 5.30. The minimum Gasteiger partial charge on any atom is -0.289 e. The Morgan fingerprint density at radius 2 is 1.65 bits per heavy atom. The molecule has 0 saturated carbocycles. The molecule has 1 aromatic carbocycles. The average molecular weight is 310 g/mol. The van der Waals surface area contributed by atoms with E-state index in [1.54, 1.807) is 0 Å². The fraction of sp³-hybridized carbons (Fsp3) is 0.524. The second-order valence-corrected chi connectivity index (χ2v) is 7.81. The summed E-state index contributed by atoms with van der Waals surface area (Å²) >= 11 is 0. The Morgan fingerprint density at radius 1 is 0.957 bits per heavy atom. The summed E-state index contributed by atoms with van der Waals surface area (Å²) in [4.78, 5) is 26.2. The van der Waals surface area contributed by atoms with Crippen molar-refractivity contribution in [2.24, 2.45) is 5.92 Å². The molecule has 3 rings (SSSR count). The highest BCUT2D eigenvalue weighted by molar-refractivity contribution is 6.27. The van der Waals surface area contributed by atoms with Crippen molar-refractivity contribution in [3.63, 3.8) is 0 Å². The number of carbonyl (C=O) groups is 2. The van der Waals surface area contributed by atoms with Crippen LogP contribution in [-0.2, 0) is 0 Å². The van der Waals surface area contributed by atoms with Crippen molar-refractivity contribution in [2.75, 3.05) is 0 Å². The van der Waals surface area contributed by atoms with E-state index in [0.717, 1.165) is 41.5 Å². The normalized spacial score (nSPS) is 21.1. The molecule has 0 aromatic heterocycles. The van der Waals surface area contributed by atoms with Crippen LogP contribution in [0.25, 0.3) is 0 Å². The molecule has 1 atom stereocenters. The smallest absolute Gasteiger partial charge is 0.190 e. The molecule has 0 N–H and O–H groups in total. The third kappa shape index (κ3) is 2.58. The van der Waals surface area contributed by atoms with Crippen molar-refractivity contribution in [3.05, 3.63) is 45.5 Å². The largest absolute Gasteiger partial charge is 0.289 e. The molecule has 1 aromatic rings. The second kappa shape index (κ2) is 5.74. The first kappa shape index (κ1) is 16.2. The van der Waals surface area contributed by atoms with E-state index in [1.165, 1.54) is 0 Å².